The van der Waals surface area contributed by atoms with Crippen LogP contribution in [-0.2, 0) is 14.3 Å². The molecule has 0 saturated heterocycles. The monoisotopic (exact) mass is 344 g/mol. The smallest absolute Gasteiger partial charge is 0.302 e. The molecule has 0 N–H and O–H groups in total. The quantitative estimate of drug-likeness (QED) is 0.648. The Bertz CT molecular complexity index is 635. The predicted molar refractivity (Wildman–Crippen MR) is 96.8 cm³/mol. The summed E-state index contributed by atoms with van der Waals surface area (Å²) in [4.78, 5) is 23.6. The second kappa shape index (κ2) is 5.69. The number of esters is 1. The number of ether oxygens (including phenoxy) is 1. The van der Waals surface area contributed by atoms with Gasteiger partial charge in [-0.25, -0.2) is 0 Å². The van der Waals surface area contributed by atoms with E-state index in [9.17, 15) is 9.59 Å². The molecule has 138 valence electrons. The van der Waals surface area contributed by atoms with Crippen LogP contribution in [0.5, 0.6) is 0 Å². The minimum Gasteiger partial charge on any atom is -0.462 e. The zero-order chi connectivity index (χ0) is 18.0. The molecule has 0 aliphatic heterocycles. The number of carbonyl (C=O) groups excluding carboxylic acids is 2. The van der Waals surface area contributed by atoms with Crippen molar-refractivity contribution in [3.8, 4) is 0 Å². The van der Waals surface area contributed by atoms with Crippen molar-refractivity contribution in [2.24, 2.45) is 34.5 Å². The first-order chi connectivity index (χ1) is 11.8. The predicted octanol–water partition coefficient (Wildman–Crippen LogP) is 4.70. The fraction of sp³-hybridized carbons (Fsp3) is 0.818. The molecule has 0 spiro atoms. The Kier molecular flexibility index (Phi) is 3.94. The normalized spacial score (nSPS) is 48.9. The van der Waals surface area contributed by atoms with Crippen molar-refractivity contribution in [1.82, 2.24) is 0 Å². The summed E-state index contributed by atoms with van der Waals surface area (Å²) in [6, 6.07) is 0. The van der Waals surface area contributed by atoms with E-state index >= 15 is 0 Å². The molecule has 0 heterocycles. The molecule has 0 aromatic carbocycles. The lowest BCUT2D eigenvalue weighted by atomic mass is 9.45. The van der Waals surface area contributed by atoms with Crippen LogP contribution in [0.4, 0.5) is 0 Å². The average molecular weight is 344 g/mol. The summed E-state index contributed by atoms with van der Waals surface area (Å²) >= 11 is 0. The average Bonchev–Trinajstić information content (AvgIpc) is 2.85. The molecule has 7 atom stereocenters. The first-order valence-corrected chi connectivity index (χ1v) is 10.2. The maximum Gasteiger partial charge on any atom is 0.302 e. The van der Waals surface area contributed by atoms with Crippen molar-refractivity contribution in [3.63, 3.8) is 0 Å². The maximum absolute atomic E-state index is 12.0. The van der Waals surface area contributed by atoms with Gasteiger partial charge >= 0.3 is 5.97 Å². The summed E-state index contributed by atoms with van der Waals surface area (Å²) in [5.74, 6) is 2.86. The summed E-state index contributed by atoms with van der Waals surface area (Å²) in [6.07, 6.45) is 9.48. The van der Waals surface area contributed by atoms with Crippen LogP contribution in [0.3, 0.4) is 0 Å². The Hall–Kier alpha value is -1.12. The fourth-order valence-corrected chi connectivity index (χ4v) is 7.25. The summed E-state index contributed by atoms with van der Waals surface area (Å²) < 4.78 is 5.75. The maximum atomic E-state index is 12.0. The molecule has 4 aliphatic carbocycles. The van der Waals surface area contributed by atoms with Gasteiger partial charge in [-0.3, -0.25) is 9.59 Å². The molecule has 3 fully saturated rings. The van der Waals surface area contributed by atoms with Gasteiger partial charge in [0.25, 0.3) is 0 Å². The zero-order valence-electron chi connectivity index (χ0n) is 16.1. The van der Waals surface area contributed by atoms with Crippen LogP contribution in [-0.4, -0.2) is 17.9 Å². The minimum absolute atomic E-state index is 0.0980. The van der Waals surface area contributed by atoms with Crippen LogP contribution >= 0.6 is 0 Å². The second-order valence-electron chi connectivity index (χ2n) is 9.75. The molecule has 0 amide bonds. The highest BCUT2D eigenvalue weighted by atomic mass is 16.5. The van der Waals surface area contributed by atoms with E-state index in [1.54, 1.807) is 6.92 Å². The molecular weight excluding hydrogens is 312 g/mol. The number of rotatable bonds is 1. The number of hydrogen-bond donors (Lipinski definition) is 0. The van der Waals surface area contributed by atoms with Gasteiger partial charge in [0.2, 0.25) is 0 Å². The molecule has 4 aliphatic rings. The van der Waals surface area contributed by atoms with Crippen LogP contribution in [0, 0.1) is 34.5 Å². The van der Waals surface area contributed by atoms with Gasteiger partial charge in [0, 0.05) is 18.8 Å². The molecule has 0 radical (unpaired) electrons. The highest BCUT2D eigenvalue weighted by molar-refractivity contribution is 5.91. The largest absolute Gasteiger partial charge is 0.462 e. The van der Waals surface area contributed by atoms with Crippen LogP contribution < -0.4 is 0 Å². The summed E-state index contributed by atoms with van der Waals surface area (Å²) in [5.41, 5.74) is 1.78. The lowest BCUT2D eigenvalue weighted by Gasteiger charge is -2.59. The molecule has 25 heavy (non-hydrogen) atoms. The zero-order valence-corrected chi connectivity index (χ0v) is 16.1. The third-order valence-electron chi connectivity index (χ3n) is 8.53. The molecule has 0 bridgehead atoms. The van der Waals surface area contributed by atoms with Gasteiger partial charge in [0.05, 0.1) is 0 Å². The van der Waals surface area contributed by atoms with Crippen molar-refractivity contribution >= 4 is 11.8 Å². The van der Waals surface area contributed by atoms with Gasteiger partial charge < -0.3 is 4.74 Å². The standard InChI is InChI=1S/C22H32O3/c1-13-11-15-12-16(24)7-9-21(15,3)18-8-10-22(4)17(20(13)18)5-6-19(22)25-14(2)23/h12-13,17-20H,5-11H2,1-4H3/t13-,17-,18-,19-,20-,21-,22-/m0/s1. The van der Waals surface area contributed by atoms with Gasteiger partial charge in [-0.15, -0.1) is 0 Å². The molecule has 3 heteroatoms. The first-order valence-electron chi connectivity index (χ1n) is 10.2. The summed E-state index contributed by atoms with van der Waals surface area (Å²) in [6.45, 7) is 8.74. The highest BCUT2D eigenvalue weighted by Crippen LogP contribution is 2.66. The van der Waals surface area contributed by atoms with Gasteiger partial charge in [-0.1, -0.05) is 26.3 Å². The van der Waals surface area contributed by atoms with E-state index in [0.717, 1.165) is 32.1 Å². The Balaban J connectivity index is 1.67. The van der Waals surface area contributed by atoms with E-state index in [1.807, 2.05) is 6.08 Å². The SMILES string of the molecule is CC(=O)O[C@H]1CC[C@H]2[C@@H]3[C@@H](C)CC4=CC(=O)CC[C@]4(C)[C@H]3CC[C@]12C. The Morgan fingerprint density at radius 1 is 1.16 bits per heavy atom. The fourth-order valence-electron chi connectivity index (χ4n) is 7.25. The Labute approximate surface area is 151 Å². The van der Waals surface area contributed by atoms with E-state index in [4.69, 9.17) is 4.74 Å². The van der Waals surface area contributed by atoms with Crippen molar-refractivity contribution in [2.75, 3.05) is 0 Å². The number of ketones is 1. The first kappa shape index (κ1) is 17.3. The van der Waals surface area contributed by atoms with Gasteiger partial charge in [-0.05, 0) is 73.7 Å². The Morgan fingerprint density at radius 2 is 1.92 bits per heavy atom. The molecule has 0 aromatic rings. The summed E-state index contributed by atoms with van der Waals surface area (Å²) in [7, 11) is 0. The topological polar surface area (TPSA) is 43.4 Å². The van der Waals surface area contributed by atoms with Crippen LogP contribution in [0.15, 0.2) is 11.6 Å². The van der Waals surface area contributed by atoms with Crippen LogP contribution in [0.1, 0.15) is 72.6 Å². The minimum atomic E-state index is -0.131. The number of allylic oxidation sites excluding steroid dienone is 1. The van der Waals surface area contributed by atoms with E-state index in [-0.39, 0.29) is 22.9 Å². The van der Waals surface area contributed by atoms with Gasteiger partial charge in [0.15, 0.2) is 5.78 Å². The molecular formula is C22H32O3. The van der Waals surface area contributed by atoms with Crippen molar-refractivity contribution in [1.29, 1.82) is 0 Å². The molecule has 3 nitrogen and oxygen atoms in total. The number of carbonyl (C=O) groups is 2. The van der Waals surface area contributed by atoms with E-state index < -0.39 is 0 Å². The van der Waals surface area contributed by atoms with Gasteiger partial charge in [-0.2, -0.15) is 0 Å². The number of fused-ring (bicyclic) bond motifs is 5. The highest BCUT2D eigenvalue weighted by Gasteiger charge is 2.61. The molecule has 0 aromatic heterocycles. The van der Waals surface area contributed by atoms with E-state index in [1.165, 1.54) is 18.4 Å². The lowest BCUT2D eigenvalue weighted by molar-refractivity contribution is -0.158. The van der Waals surface area contributed by atoms with Crippen molar-refractivity contribution in [2.45, 2.75) is 78.7 Å². The number of hydrogen-bond acceptors (Lipinski definition) is 3. The van der Waals surface area contributed by atoms with Crippen LogP contribution in [0.2, 0.25) is 0 Å². The third-order valence-corrected chi connectivity index (χ3v) is 8.53. The second-order valence-corrected chi connectivity index (χ2v) is 9.75. The molecule has 3 saturated carbocycles. The molecule has 0 unspecified atom stereocenters. The van der Waals surface area contributed by atoms with Crippen molar-refractivity contribution in [3.05, 3.63) is 11.6 Å². The van der Waals surface area contributed by atoms with Gasteiger partial charge in [0.1, 0.15) is 6.10 Å². The van der Waals surface area contributed by atoms with Crippen molar-refractivity contribution < 1.29 is 14.3 Å². The van der Waals surface area contributed by atoms with E-state index in [2.05, 4.69) is 20.8 Å². The summed E-state index contributed by atoms with van der Waals surface area (Å²) in [5, 5.41) is 0. The van der Waals surface area contributed by atoms with E-state index in [0.29, 0.717) is 29.5 Å². The Morgan fingerprint density at radius 3 is 2.64 bits per heavy atom. The lowest BCUT2D eigenvalue weighted by Crippen LogP contribution is -2.54. The van der Waals surface area contributed by atoms with Crippen LogP contribution in [0.25, 0.3) is 0 Å². The third kappa shape index (κ3) is 2.44. The molecule has 4 rings (SSSR count).